The molecule has 0 radical (unpaired) electrons. The Balaban J connectivity index is 2.74. The Morgan fingerprint density at radius 3 is 2.35 bits per heavy atom. The van der Waals surface area contributed by atoms with Crippen molar-refractivity contribution < 1.29 is 35.8 Å². The molecule has 0 saturated heterocycles. The largest absolute Gasteiger partial charge is 0.744 e. The molecular formula is C15H11F3NO6S-. The van der Waals surface area contributed by atoms with E-state index in [0.717, 1.165) is 30.3 Å². The zero-order valence-electron chi connectivity index (χ0n) is 13.1. The van der Waals surface area contributed by atoms with Crippen molar-refractivity contribution in [1.82, 2.24) is 0 Å². The topological polar surface area (TPSA) is 110 Å². The maximum absolute atomic E-state index is 13.2. The van der Waals surface area contributed by atoms with Crippen molar-refractivity contribution in [3.63, 3.8) is 0 Å². The summed E-state index contributed by atoms with van der Waals surface area (Å²) in [5.41, 5.74) is -3.21. The summed E-state index contributed by atoms with van der Waals surface area (Å²) >= 11 is 0. The molecule has 0 aliphatic rings. The van der Waals surface area contributed by atoms with E-state index in [-0.39, 0.29) is 11.3 Å². The summed E-state index contributed by atoms with van der Waals surface area (Å²) in [6.07, 6.45) is -5.70. The van der Waals surface area contributed by atoms with Gasteiger partial charge >= 0.3 is 6.18 Å². The molecule has 0 unspecified atom stereocenters. The highest BCUT2D eigenvalue weighted by molar-refractivity contribution is 7.85. The van der Waals surface area contributed by atoms with Crippen molar-refractivity contribution in [2.75, 3.05) is 7.11 Å². The lowest BCUT2D eigenvalue weighted by molar-refractivity contribution is -0.385. The number of nitrogens with zero attached hydrogens (tertiary/aromatic N) is 1. The number of hydrogen-bond donors (Lipinski definition) is 0. The summed E-state index contributed by atoms with van der Waals surface area (Å²) in [6, 6.07) is 5.49. The van der Waals surface area contributed by atoms with E-state index >= 15 is 0 Å². The van der Waals surface area contributed by atoms with Gasteiger partial charge in [0, 0.05) is 18.1 Å². The maximum atomic E-state index is 13.2. The fourth-order valence-corrected chi connectivity index (χ4v) is 3.14. The van der Waals surface area contributed by atoms with Crippen LogP contribution in [0, 0.1) is 10.1 Å². The van der Waals surface area contributed by atoms with E-state index in [4.69, 9.17) is 4.74 Å². The molecule has 0 fully saturated rings. The second kappa shape index (κ2) is 6.92. The first kappa shape index (κ1) is 19.7. The van der Waals surface area contributed by atoms with Crippen LogP contribution in [0.15, 0.2) is 41.3 Å². The van der Waals surface area contributed by atoms with Gasteiger partial charge < -0.3 is 9.29 Å². The highest BCUT2D eigenvalue weighted by atomic mass is 32.2. The van der Waals surface area contributed by atoms with Gasteiger partial charge in [0.2, 0.25) is 0 Å². The number of alkyl halides is 3. The number of benzene rings is 2. The highest BCUT2D eigenvalue weighted by Gasteiger charge is 2.36. The van der Waals surface area contributed by atoms with Crippen LogP contribution in [0.5, 0.6) is 5.75 Å². The average molecular weight is 390 g/mol. The summed E-state index contributed by atoms with van der Waals surface area (Å²) in [5.74, 6) is 0.0829. The first-order chi connectivity index (χ1) is 11.9. The third-order valence-electron chi connectivity index (χ3n) is 3.56. The molecule has 0 aromatic heterocycles. The average Bonchev–Trinajstić information content (AvgIpc) is 2.52. The molecule has 2 aromatic rings. The Labute approximate surface area is 145 Å². The van der Waals surface area contributed by atoms with Crippen LogP contribution >= 0.6 is 0 Å². The van der Waals surface area contributed by atoms with E-state index in [0.29, 0.717) is 6.07 Å². The second-order valence-electron chi connectivity index (χ2n) is 5.16. The van der Waals surface area contributed by atoms with Crippen LogP contribution in [-0.4, -0.2) is 25.0 Å². The monoisotopic (exact) mass is 390 g/mol. The number of ether oxygens (including phenoxy) is 1. The van der Waals surface area contributed by atoms with Gasteiger partial charge in [-0.3, -0.25) is 10.1 Å². The Hall–Kier alpha value is -2.66. The predicted molar refractivity (Wildman–Crippen MR) is 81.9 cm³/mol. The molecule has 11 heteroatoms. The van der Waals surface area contributed by atoms with Crippen molar-refractivity contribution in [1.29, 1.82) is 0 Å². The Morgan fingerprint density at radius 1 is 1.19 bits per heavy atom. The van der Waals surface area contributed by atoms with E-state index in [1.165, 1.54) is 7.11 Å². The molecule has 2 rings (SSSR count). The molecule has 0 bridgehead atoms. The van der Waals surface area contributed by atoms with Crippen LogP contribution in [-0.2, 0) is 22.7 Å². The summed E-state index contributed by atoms with van der Waals surface area (Å²) in [4.78, 5) is 9.35. The number of rotatable bonds is 5. The molecule has 0 amide bonds. The minimum absolute atomic E-state index is 0.0829. The molecule has 0 aliphatic heterocycles. The van der Waals surface area contributed by atoms with Crippen molar-refractivity contribution in [3.05, 3.63) is 63.2 Å². The first-order valence-corrected chi connectivity index (χ1v) is 8.32. The van der Waals surface area contributed by atoms with Crippen molar-refractivity contribution in [3.8, 4) is 5.75 Å². The molecule has 0 aliphatic carbocycles. The lowest BCUT2D eigenvalue weighted by atomic mass is 9.97. The molecule has 2 aromatic carbocycles. The van der Waals surface area contributed by atoms with E-state index in [1.54, 1.807) is 0 Å². The quantitative estimate of drug-likeness (QED) is 0.441. The van der Waals surface area contributed by atoms with E-state index in [1.807, 2.05) is 0 Å². The van der Waals surface area contributed by atoms with Gasteiger partial charge in [-0.25, -0.2) is 8.42 Å². The predicted octanol–water partition coefficient (Wildman–Crippen LogP) is 3.12. The van der Waals surface area contributed by atoms with Gasteiger partial charge in [-0.05, 0) is 29.8 Å². The Bertz CT molecular complexity index is 956. The minimum Gasteiger partial charge on any atom is -0.744 e. The zero-order valence-corrected chi connectivity index (χ0v) is 13.9. The number of hydrogen-bond acceptors (Lipinski definition) is 6. The number of halogens is 3. The molecule has 140 valence electrons. The standard InChI is InChI=1S/C15H12F3NO6S/c1-25-10-5-6-14(26(22,23)24)9(7-10)8-11-12(15(16,17)18)3-2-4-13(11)19(20)21/h2-7H,8H2,1H3,(H,22,23,24)/p-1. The summed E-state index contributed by atoms with van der Waals surface area (Å²) < 4.78 is 78.8. The molecule has 26 heavy (non-hydrogen) atoms. The zero-order chi connectivity index (χ0) is 19.7. The molecule has 0 atom stereocenters. The summed E-state index contributed by atoms with van der Waals surface area (Å²) in [7, 11) is -3.78. The van der Waals surface area contributed by atoms with Gasteiger partial charge in [-0.1, -0.05) is 6.07 Å². The highest BCUT2D eigenvalue weighted by Crippen LogP contribution is 2.38. The van der Waals surface area contributed by atoms with Gasteiger partial charge in [-0.15, -0.1) is 0 Å². The second-order valence-corrected chi connectivity index (χ2v) is 6.51. The smallest absolute Gasteiger partial charge is 0.416 e. The fourth-order valence-electron chi connectivity index (χ4n) is 2.45. The normalized spacial score (nSPS) is 12.0. The van der Waals surface area contributed by atoms with E-state index < -0.39 is 49.3 Å². The Kier molecular flexibility index (Phi) is 5.23. The van der Waals surface area contributed by atoms with Gasteiger partial charge in [0.05, 0.1) is 22.5 Å². The third-order valence-corrected chi connectivity index (χ3v) is 4.49. The number of nitro benzene ring substituents is 1. The van der Waals surface area contributed by atoms with Crippen LogP contribution in [0.4, 0.5) is 18.9 Å². The third kappa shape index (κ3) is 4.11. The number of nitro groups is 1. The van der Waals surface area contributed by atoms with Gasteiger partial charge in [0.25, 0.3) is 5.69 Å². The SMILES string of the molecule is COc1ccc(S(=O)(=O)[O-])c(Cc2c([N+](=O)[O-])cccc2C(F)(F)F)c1. The van der Waals surface area contributed by atoms with Crippen molar-refractivity contribution in [2.24, 2.45) is 0 Å². The number of methoxy groups -OCH3 is 1. The van der Waals surface area contributed by atoms with Crippen LogP contribution in [0.3, 0.4) is 0 Å². The van der Waals surface area contributed by atoms with Crippen LogP contribution in [0.1, 0.15) is 16.7 Å². The molecule has 0 saturated carbocycles. The van der Waals surface area contributed by atoms with Crippen LogP contribution < -0.4 is 4.74 Å². The molecule has 0 heterocycles. The van der Waals surface area contributed by atoms with Gasteiger partial charge in [0.15, 0.2) is 0 Å². The molecule has 7 nitrogen and oxygen atoms in total. The lowest BCUT2D eigenvalue weighted by Crippen LogP contribution is -2.13. The van der Waals surface area contributed by atoms with E-state index in [9.17, 15) is 36.3 Å². The molecular weight excluding hydrogens is 379 g/mol. The molecule has 0 spiro atoms. The Morgan fingerprint density at radius 2 is 1.85 bits per heavy atom. The summed E-state index contributed by atoms with van der Waals surface area (Å²) in [5, 5.41) is 11.1. The van der Waals surface area contributed by atoms with E-state index in [2.05, 4.69) is 0 Å². The maximum Gasteiger partial charge on any atom is 0.416 e. The van der Waals surface area contributed by atoms with Gasteiger partial charge in [-0.2, -0.15) is 13.2 Å². The minimum atomic E-state index is -5.02. The van der Waals surface area contributed by atoms with Crippen molar-refractivity contribution >= 4 is 15.8 Å². The fraction of sp³-hybridized carbons (Fsp3) is 0.200. The summed E-state index contributed by atoms with van der Waals surface area (Å²) in [6.45, 7) is 0. The van der Waals surface area contributed by atoms with Crippen LogP contribution in [0.25, 0.3) is 0 Å². The van der Waals surface area contributed by atoms with Crippen molar-refractivity contribution in [2.45, 2.75) is 17.5 Å². The first-order valence-electron chi connectivity index (χ1n) is 6.91. The van der Waals surface area contributed by atoms with Crippen LogP contribution in [0.2, 0.25) is 0 Å². The van der Waals surface area contributed by atoms with Gasteiger partial charge in [0.1, 0.15) is 15.9 Å². The lowest BCUT2D eigenvalue weighted by Gasteiger charge is -2.17. The molecule has 0 N–H and O–H groups in total.